The number of hydrogen-bond acceptors (Lipinski definition) is 5. The lowest BCUT2D eigenvalue weighted by Gasteiger charge is -2.05. The number of hydrogen-bond donors (Lipinski definition) is 0. The summed E-state index contributed by atoms with van der Waals surface area (Å²) < 4.78 is 9.31. The molecule has 0 spiro atoms. The van der Waals surface area contributed by atoms with Crippen molar-refractivity contribution < 1.29 is 19.2 Å². The van der Waals surface area contributed by atoms with Crippen LogP contribution in [0.4, 0.5) is 5.69 Å². The Labute approximate surface area is 91.9 Å². The highest BCUT2D eigenvalue weighted by Gasteiger charge is 2.24. The summed E-state index contributed by atoms with van der Waals surface area (Å²) in [6.45, 7) is 0.0706. The topological polar surface area (TPSA) is 78.7 Å². The fourth-order valence-electron chi connectivity index (χ4n) is 1.35. The third kappa shape index (κ3) is 2.34. The van der Waals surface area contributed by atoms with Crippen molar-refractivity contribution in [2.45, 2.75) is 6.61 Å². The molecule has 0 N–H and O–H groups in total. The van der Waals surface area contributed by atoms with Gasteiger partial charge in [-0.15, -0.1) is 0 Å². The van der Waals surface area contributed by atoms with Gasteiger partial charge in [-0.05, 0) is 12.1 Å². The molecule has 6 heteroatoms. The molecule has 0 saturated heterocycles. The van der Waals surface area contributed by atoms with E-state index in [1.54, 1.807) is 6.07 Å². The van der Waals surface area contributed by atoms with Gasteiger partial charge in [0.05, 0.1) is 24.2 Å². The maximum Gasteiger partial charge on any atom is 0.344 e. The standard InChI is InChI=1S/C10H11NO5/c1-15-6-7-4-3-5-8(10(12)16-2)9(7)11(13)14/h3-5H,6H2,1-2H3. The fourth-order valence-corrected chi connectivity index (χ4v) is 1.35. The summed E-state index contributed by atoms with van der Waals surface area (Å²) >= 11 is 0. The van der Waals surface area contributed by atoms with Crippen molar-refractivity contribution in [3.63, 3.8) is 0 Å². The average Bonchev–Trinajstić information content (AvgIpc) is 2.27. The third-order valence-corrected chi connectivity index (χ3v) is 2.01. The van der Waals surface area contributed by atoms with Crippen molar-refractivity contribution in [3.05, 3.63) is 39.4 Å². The van der Waals surface area contributed by atoms with E-state index in [1.165, 1.54) is 26.4 Å². The molecule has 1 aromatic carbocycles. The van der Waals surface area contributed by atoms with Gasteiger partial charge in [-0.3, -0.25) is 10.1 Å². The number of nitro groups is 1. The number of methoxy groups -OCH3 is 2. The van der Waals surface area contributed by atoms with Crippen LogP contribution in [0.5, 0.6) is 0 Å². The summed E-state index contributed by atoms with van der Waals surface area (Å²) in [5, 5.41) is 10.9. The number of rotatable bonds is 4. The molecule has 1 aromatic rings. The van der Waals surface area contributed by atoms with Crippen LogP contribution in [0.1, 0.15) is 15.9 Å². The van der Waals surface area contributed by atoms with Crippen molar-refractivity contribution >= 4 is 11.7 Å². The molecule has 0 heterocycles. The highest BCUT2D eigenvalue weighted by atomic mass is 16.6. The van der Waals surface area contributed by atoms with E-state index in [0.717, 1.165) is 0 Å². The Morgan fingerprint density at radius 2 is 2.12 bits per heavy atom. The number of nitrogens with zero attached hydrogens (tertiary/aromatic N) is 1. The van der Waals surface area contributed by atoms with Crippen LogP contribution in [0.2, 0.25) is 0 Å². The SMILES string of the molecule is COCc1cccc(C(=O)OC)c1[N+](=O)[O-]. The van der Waals surface area contributed by atoms with Crippen molar-refractivity contribution in [2.24, 2.45) is 0 Å². The second kappa shape index (κ2) is 5.22. The molecule has 6 nitrogen and oxygen atoms in total. The van der Waals surface area contributed by atoms with Gasteiger partial charge in [0.2, 0.25) is 0 Å². The Bertz CT molecular complexity index is 416. The first-order valence-electron chi connectivity index (χ1n) is 4.45. The second-order valence-corrected chi connectivity index (χ2v) is 3.00. The summed E-state index contributed by atoms with van der Waals surface area (Å²) in [6, 6.07) is 4.44. The number of para-hydroxylation sites is 1. The van der Waals surface area contributed by atoms with E-state index in [1.807, 2.05) is 0 Å². The van der Waals surface area contributed by atoms with Crippen LogP contribution in [0.25, 0.3) is 0 Å². The zero-order valence-corrected chi connectivity index (χ0v) is 8.93. The molecule has 0 unspecified atom stereocenters. The van der Waals surface area contributed by atoms with Gasteiger partial charge in [0.25, 0.3) is 5.69 Å². The van der Waals surface area contributed by atoms with E-state index in [9.17, 15) is 14.9 Å². The molecule has 86 valence electrons. The van der Waals surface area contributed by atoms with Crippen molar-refractivity contribution in [3.8, 4) is 0 Å². The first-order valence-corrected chi connectivity index (χ1v) is 4.45. The molecule has 0 aliphatic rings. The molecule has 0 bridgehead atoms. The molecule has 0 aliphatic carbocycles. The summed E-state index contributed by atoms with van der Waals surface area (Å²) in [7, 11) is 2.60. The average molecular weight is 225 g/mol. The van der Waals surface area contributed by atoms with Gasteiger partial charge in [0.15, 0.2) is 0 Å². The highest BCUT2D eigenvalue weighted by Crippen LogP contribution is 2.25. The van der Waals surface area contributed by atoms with Crippen LogP contribution in [0.15, 0.2) is 18.2 Å². The predicted octanol–water partition coefficient (Wildman–Crippen LogP) is 1.53. The van der Waals surface area contributed by atoms with Crippen LogP contribution >= 0.6 is 0 Å². The van der Waals surface area contributed by atoms with E-state index < -0.39 is 10.9 Å². The maximum atomic E-state index is 11.3. The number of ether oxygens (including phenoxy) is 2. The minimum Gasteiger partial charge on any atom is -0.465 e. The normalized spacial score (nSPS) is 9.88. The van der Waals surface area contributed by atoms with E-state index in [0.29, 0.717) is 5.56 Å². The van der Waals surface area contributed by atoms with Gasteiger partial charge in [0.1, 0.15) is 5.56 Å². The first-order chi connectivity index (χ1) is 7.61. The van der Waals surface area contributed by atoms with Crippen molar-refractivity contribution in [2.75, 3.05) is 14.2 Å². The molecule has 0 saturated carbocycles. The molecule has 0 aromatic heterocycles. The van der Waals surface area contributed by atoms with Gasteiger partial charge >= 0.3 is 5.97 Å². The van der Waals surface area contributed by atoms with E-state index in [2.05, 4.69) is 4.74 Å². The van der Waals surface area contributed by atoms with Crippen LogP contribution in [-0.2, 0) is 16.1 Å². The number of carbonyl (C=O) groups is 1. The quantitative estimate of drug-likeness (QED) is 0.441. The fraction of sp³-hybridized carbons (Fsp3) is 0.300. The van der Waals surface area contributed by atoms with E-state index in [4.69, 9.17) is 4.74 Å². The molecule has 16 heavy (non-hydrogen) atoms. The smallest absolute Gasteiger partial charge is 0.344 e. The number of nitro benzene ring substituents is 1. The molecule has 0 atom stereocenters. The molecular weight excluding hydrogens is 214 g/mol. The van der Waals surface area contributed by atoms with Gasteiger partial charge in [-0.25, -0.2) is 4.79 Å². The molecule has 0 aliphatic heterocycles. The van der Waals surface area contributed by atoms with E-state index >= 15 is 0 Å². The molecule has 0 radical (unpaired) electrons. The monoisotopic (exact) mass is 225 g/mol. The molecular formula is C10H11NO5. The maximum absolute atomic E-state index is 11.3. The molecule has 0 amide bonds. The lowest BCUT2D eigenvalue weighted by molar-refractivity contribution is -0.386. The minimum absolute atomic E-state index is 0.0675. The highest BCUT2D eigenvalue weighted by molar-refractivity contribution is 5.94. The minimum atomic E-state index is -0.732. The van der Waals surface area contributed by atoms with Gasteiger partial charge in [0, 0.05) is 7.11 Å². The number of carbonyl (C=O) groups excluding carboxylic acids is 1. The van der Waals surface area contributed by atoms with Gasteiger partial charge < -0.3 is 9.47 Å². The Balaban J connectivity index is 3.32. The number of esters is 1. The lowest BCUT2D eigenvalue weighted by Crippen LogP contribution is -2.08. The summed E-state index contributed by atoms with van der Waals surface area (Å²) in [5.74, 6) is -0.732. The van der Waals surface area contributed by atoms with Crippen molar-refractivity contribution in [1.82, 2.24) is 0 Å². The van der Waals surface area contributed by atoms with Crippen LogP contribution in [0, 0.1) is 10.1 Å². The van der Waals surface area contributed by atoms with Gasteiger partial charge in [-0.1, -0.05) is 6.07 Å². The second-order valence-electron chi connectivity index (χ2n) is 3.00. The predicted molar refractivity (Wildman–Crippen MR) is 55.1 cm³/mol. The molecule has 0 fully saturated rings. The largest absolute Gasteiger partial charge is 0.465 e. The third-order valence-electron chi connectivity index (χ3n) is 2.01. The summed E-state index contributed by atoms with van der Waals surface area (Å²) in [5.41, 5.74) is 0.00801. The molecule has 1 rings (SSSR count). The van der Waals surface area contributed by atoms with Crippen LogP contribution in [0.3, 0.4) is 0 Å². The Hall–Kier alpha value is -1.95. The van der Waals surface area contributed by atoms with E-state index in [-0.39, 0.29) is 17.9 Å². The Morgan fingerprint density at radius 3 is 2.62 bits per heavy atom. The van der Waals surface area contributed by atoms with Crippen molar-refractivity contribution in [1.29, 1.82) is 0 Å². The van der Waals surface area contributed by atoms with Crippen LogP contribution < -0.4 is 0 Å². The van der Waals surface area contributed by atoms with Gasteiger partial charge in [-0.2, -0.15) is 0 Å². The lowest BCUT2D eigenvalue weighted by atomic mass is 10.1. The Kier molecular flexibility index (Phi) is 3.96. The Morgan fingerprint density at radius 1 is 1.44 bits per heavy atom. The zero-order chi connectivity index (χ0) is 12.1. The number of benzene rings is 1. The first kappa shape index (κ1) is 12.1. The zero-order valence-electron chi connectivity index (χ0n) is 8.93. The van der Waals surface area contributed by atoms with Crippen LogP contribution in [-0.4, -0.2) is 25.1 Å². The summed E-state index contributed by atoms with van der Waals surface area (Å²) in [4.78, 5) is 21.6. The summed E-state index contributed by atoms with van der Waals surface area (Å²) in [6.07, 6.45) is 0.